The predicted molar refractivity (Wildman–Crippen MR) is 110 cm³/mol. The summed E-state index contributed by atoms with van der Waals surface area (Å²) in [5.74, 6) is -0.744. The largest absolute Gasteiger partial charge is 0.394 e. The molecule has 0 radical (unpaired) electrons. The van der Waals surface area contributed by atoms with Gasteiger partial charge in [-0.05, 0) is 12.1 Å². The number of benzene rings is 1. The molecule has 1 aliphatic rings. The third-order valence-electron chi connectivity index (χ3n) is 4.57. The van der Waals surface area contributed by atoms with Crippen LogP contribution in [0.5, 0.6) is 0 Å². The summed E-state index contributed by atoms with van der Waals surface area (Å²) in [5, 5.41) is 40.8. The van der Waals surface area contributed by atoms with Crippen LogP contribution < -0.4 is 0 Å². The Morgan fingerprint density at radius 2 is 1.93 bits per heavy atom. The molecule has 0 spiro atoms. The Hall–Kier alpha value is -1.31. The Morgan fingerprint density at radius 3 is 2.57 bits per heavy atom. The van der Waals surface area contributed by atoms with Gasteiger partial charge >= 0.3 is 0 Å². The first kappa shape index (κ1) is 21.9. The van der Waals surface area contributed by atoms with E-state index in [0.717, 1.165) is 11.8 Å². The number of aromatic nitrogens is 4. The van der Waals surface area contributed by atoms with Crippen LogP contribution in [0.2, 0.25) is 10.0 Å². The summed E-state index contributed by atoms with van der Waals surface area (Å²) in [5.41, 5.74) is 1.81. The summed E-state index contributed by atoms with van der Waals surface area (Å²) < 4.78 is 20.7. The van der Waals surface area contributed by atoms with Crippen molar-refractivity contribution in [2.24, 2.45) is 0 Å². The van der Waals surface area contributed by atoms with Crippen molar-refractivity contribution >= 4 is 46.3 Å². The first-order chi connectivity index (χ1) is 14.4. The molecule has 0 amide bonds. The lowest BCUT2D eigenvalue weighted by Crippen LogP contribution is -2.55. The zero-order chi connectivity index (χ0) is 21.4. The number of ether oxygens (including phenoxy) is 1. The standard InChI is InChI=1S/C17H15Cl2FN4O4S2/c18-8-1-7(2-9(19)13(8)20)30-17-16(27)14(15(26)12(4-25)28-17)24-3-10(22-23-24)11-5-29-6-21-11/h1-3,5-6,12,14-17,25-27H,4H2. The number of aliphatic hydroxyl groups excluding tert-OH is 3. The van der Waals surface area contributed by atoms with Crippen LogP contribution in [0, 0.1) is 5.82 Å². The molecular formula is C17H15Cl2FN4O4S2. The van der Waals surface area contributed by atoms with Crippen LogP contribution in [0.3, 0.4) is 0 Å². The van der Waals surface area contributed by atoms with E-state index in [1.165, 1.54) is 28.2 Å². The number of rotatable bonds is 5. The maximum Gasteiger partial charge on any atom is 0.160 e. The number of hydrogen-bond donors (Lipinski definition) is 3. The van der Waals surface area contributed by atoms with Gasteiger partial charge in [0, 0.05) is 10.3 Å². The summed E-state index contributed by atoms with van der Waals surface area (Å²) in [4.78, 5) is 4.61. The Balaban J connectivity index is 1.62. The molecule has 5 unspecified atom stereocenters. The van der Waals surface area contributed by atoms with Crippen LogP contribution in [0.1, 0.15) is 6.04 Å². The van der Waals surface area contributed by atoms with Gasteiger partial charge in [0.25, 0.3) is 0 Å². The summed E-state index contributed by atoms with van der Waals surface area (Å²) in [6.07, 6.45) is -1.94. The second-order valence-corrected chi connectivity index (χ2v) is 9.18. The molecule has 3 heterocycles. The molecule has 1 saturated heterocycles. The van der Waals surface area contributed by atoms with Crippen molar-refractivity contribution in [3.8, 4) is 11.4 Å². The van der Waals surface area contributed by atoms with E-state index >= 15 is 0 Å². The molecule has 0 saturated carbocycles. The predicted octanol–water partition coefficient (Wildman–Crippen LogP) is 2.62. The van der Waals surface area contributed by atoms with Gasteiger partial charge < -0.3 is 20.1 Å². The molecule has 30 heavy (non-hydrogen) atoms. The number of nitrogens with zero attached hydrogens (tertiary/aromatic N) is 4. The number of thioether (sulfide) groups is 1. The Labute approximate surface area is 188 Å². The van der Waals surface area contributed by atoms with Gasteiger partial charge in [-0.1, -0.05) is 40.2 Å². The Bertz CT molecular complexity index is 1000. The monoisotopic (exact) mass is 492 g/mol. The van der Waals surface area contributed by atoms with E-state index in [1.807, 2.05) is 0 Å². The second-order valence-electron chi connectivity index (χ2n) is 6.47. The van der Waals surface area contributed by atoms with Crippen molar-refractivity contribution in [3.05, 3.63) is 45.1 Å². The molecule has 3 aromatic rings. The van der Waals surface area contributed by atoms with Crippen molar-refractivity contribution in [3.63, 3.8) is 0 Å². The maximum absolute atomic E-state index is 13.7. The van der Waals surface area contributed by atoms with Crippen molar-refractivity contribution < 1.29 is 24.4 Å². The minimum absolute atomic E-state index is 0.172. The van der Waals surface area contributed by atoms with E-state index < -0.39 is 42.2 Å². The minimum Gasteiger partial charge on any atom is -0.394 e. The smallest absolute Gasteiger partial charge is 0.160 e. The lowest BCUT2D eigenvalue weighted by Gasteiger charge is -2.41. The summed E-state index contributed by atoms with van der Waals surface area (Å²) in [6.45, 7) is -0.486. The van der Waals surface area contributed by atoms with Gasteiger partial charge in [0.15, 0.2) is 5.82 Å². The van der Waals surface area contributed by atoms with Crippen LogP contribution >= 0.6 is 46.3 Å². The first-order valence-corrected chi connectivity index (χ1v) is 11.2. The fourth-order valence-corrected chi connectivity index (χ4v) is 5.39. The number of thiazole rings is 1. The van der Waals surface area contributed by atoms with Gasteiger partial charge in [0.1, 0.15) is 41.2 Å². The van der Waals surface area contributed by atoms with Crippen LogP contribution in [-0.2, 0) is 4.74 Å². The number of hydrogen-bond acceptors (Lipinski definition) is 9. The molecule has 1 aromatic carbocycles. The zero-order valence-corrected chi connectivity index (χ0v) is 18.1. The van der Waals surface area contributed by atoms with E-state index in [1.54, 1.807) is 17.1 Å². The molecule has 3 N–H and O–H groups in total. The molecule has 0 bridgehead atoms. The molecule has 4 rings (SSSR count). The van der Waals surface area contributed by atoms with Crippen molar-refractivity contribution in [2.45, 2.75) is 34.7 Å². The average molecular weight is 493 g/mol. The highest BCUT2D eigenvalue weighted by Crippen LogP contribution is 2.40. The highest BCUT2D eigenvalue weighted by atomic mass is 35.5. The van der Waals surface area contributed by atoms with E-state index in [4.69, 9.17) is 27.9 Å². The van der Waals surface area contributed by atoms with E-state index in [-0.39, 0.29) is 10.0 Å². The fourth-order valence-electron chi connectivity index (χ4n) is 3.09. The molecule has 1 aliphatic heterocycles. The SMILES string of the molecule is OCC1OC(Sc2cc(Cl)c(F)c(Cl)c2)C(O)C(n2cc(-c3cscn3)nn2)C1O. The summed E-state index contributed by atoms with van der Waals surface area (Å²) >= 11 is 14.1. The highest BCUT2D eigenvalue weighted by Gasteiger charge is 2.46. The molecular weight excluding hydrogens is 478 g/mol. The highest BCUT2D eigenvalue weighted by molar-refractivity contribution is 7.99. The molecule has 2 aromatic heterocycles. The molecule has 1 fully saturated rings. The van der Waals surface area contributed by atoms with Gasteiger partial charge in [-0.25, -0.2) is 14.1 Å². The summed E-state index contributed by atoms with van der Waals surface area (Å²) in [6, 6.07) is 1.75. The third kappa shape index (κ3) is 4.21. The second kappa shape index (κ2) is 9.05. The molecule has 0 aliphatic carbocycles. The Morgan fingerprint density at radius 1 is 1.20 bits per heavy atom. The van der Waals surface area contributed by atoms with E-state index in [2.05, 4.69) is 15.3 Å². The van der Waals surface area contributed by atoms with Crippen LogP contribution in [0.4, 0.5) is 4.39 Å². The van der Waals surface area contributed by atoms with Gasteiger partial charge in [0.05, 0.1) is 28.4 Å². The van der Waals surface area contributed by atoms with Crippen molar-refractivity contribution in [2.75, 3.05) is 6.61 Å². The number of aliphatic hydroxyl groups is 3. The van der Waals surface area contributed by atoms with Gasteiger partial charge in [0.2, 0.25) is 0 Å². The van der Waals surface area contributed by atoms with Crippen LogP contribution in [0.25, 0.3) is 11.4 Å². The maximum atomic E-state index is 13.7. The average Bonchev–Trinajstić information content (AvgIpc) is 3.40. The van der Waals surface area contributed by atoms with E-state index in [0.29, 0.717) is 16.3 Å². The zero-order valence-electron chi connectivity index (χ0n) is 15.0. The van der Waals surface area contributed by atoms with Gasteiger partial charge in [-0.15, -0.1) is 16.4 Å². The third-order valence-corrected chi connectivity index (χ3v) is 6.84. The topological polar surface area (TPSA) is 114 Å². The normalized spacial score (nSPS) is 26.8. The van der Waals surface area contributed by atoms with Crippen LogP contribution in [0.15, 0.2) is 34.1 Å². The van der Waals surface area contributed by atoms with Gasteiger partial charge in [-0.2, -0.15) is 0 Å². The quantitative estimate of drug-likeness (QED) is 0.465. The minimum atomic E-state index is -1.26. The number of halogens is 3. The molecule has 5 atom stereocenters. The summed E-state index contributed by atoms with van der Waals surface area (Å²) in [7, 11) is 0. The molecule has 160 valence electrons. The van der Waals surface area contributed by atoms with Crippen LogP contribution in [-0.4, -0.2) is 65.7 Å². The Kier molecular flexibility index (Phi) is 6.61. The lowest BCUT2D eigenvalue weighted by molar-refractivity contribution is -0.178. The fraction of sp³-hybridized carbons (Fsp3) is 0.353. The first-order valence-electron chi connectivity index (χ1n) is 8.63. The van der Waals surface area contributed by atoms with Crippen molar-refractivity contribution in [1.82, 2.24) is 20.0 Å². The molecule has 8 nitrogen and oxygen atoms in total. The lowest BCUT2D eigenvalue weighted by atomic mass is 9.97. The van der Waals surface area contributed by atoms with E-state index in [9.17, 15) is 19.7 Å². The van der Waals surface area contributed by atoms with Gasteiger partial charge in [-0.3, -0.25) is 0 Å². The molecule has 13 heteroatoms. The van der Waals surface area contributed by atoms with Crippen molar-refractivity contribution in [1.29, 1.82) is 0 Å².